The molecule has 33 heavy (non-hydrogen) atoms. The van der Waals surface area contributed by atoms with Gasteiger partial charge in [0.25, 0.3) is 0 Å². The Hall–Kier alpha value is -1.64. The molecule has 0 spiro atoms. The second-order valence-corrected chi connectivity index (χ2v) is 10.8. The van der Waals surface area contributed by atoms with Gasteiger partial charge in [-0.1, -0.05) is 62.6 Å². The first-order valence-corrected chi connectivity index (χ1v) is 13.9. The van der Waals surface area contributed by atoms with E-state index in [4.69, 9.17) is 5.11 Å². The summed E-state index contributed by atoms with van der Waals surface area (Å²) in [6, 6.07) is 8.52. The first-order chi connectivity index (χ1) is 15.8. The molecule has 2 fully saturated rings. The Bertz CT molecular complexity index is 770. The Kier molecular flexibility index (Phi) is 12.2. The summed E-state index contributed by atoms with van der Waals surface area (Å²) in [6.45, 7) is 2.01. The molecule has 0 saturated heterocycles. The predicted octanol–water partition coefficient (Wildman–Crippen LogP) is 5.49. The summed E-state index contributed by atoms with van der Waals surface area (Å²) in [6.07, 6.45) is 16.2. The van der Waals surface area contributed by atoms with Gasteiger partial charge in [0, 0.05) is 25.0 Å². The van der Waals surface area contributed by atoms with Crippen molar-refractivity contribution in [2.75, 3.05) is 10.8 Å². The number of anilines is 1. The molecule has 0 heterocycles. The molecule has 7 nitrogen and oxygen atoms in total. The fraction of sp³-hybridized carbons (Fsp3) is 0.720. The summed E-state index contributed by atoms with van der Waals surface area (Å²) in [4.78, 5) is 10.4. The molecule has 0 aliphatic heterocycles. The first-order valence-electron chi connectivity index (χ1n) is 12.6. The number of rotatable bonds is 10. The monoisotopic (exact) mass is 482 g/mol. The van der Waals surface area contributed by atoms with Gasteiger partial charge in [0.2, 0.25) is 0 Å². The van der Waals surface area contributed by atoms with Gasteiger partial charge in [-0.15, -0.1) is 0 Å². The average Bonchev–Trinajstić information content (AvgIpc) is 2.78. The van der Waals surface area contributed by atoms with E-state index in [9.17, 15) is 17.8 Å². The highest BCUT2D eigenvalue weighted by molar-refractivity contribution is 7.87. The Balaban J connectivity index is 0.000000254. The molecular weight excluding hydrogens is 440 g/mol. The lowest BCUT2D eigenvalue weighted by molar-refractivity contribution is -0.137. The van der Waals surface area contributed by atoms with E-state index in [0.717, 1.165) is 22.0 Å². The number of carboxylic acids is 1. The van der Waals surface area contributed by atoms with Gasteiger partial charge in [-0.05, 0) is 57.6 Å². The van der Waals surface area contributed by atoms with Crippen LogP contribution in [0.4, 0.5) is 5.69 Å². The normalized spacial score (nSPS) is 17.8. The van der Waals surface area contributed by atoms with Crippen molar-refractivity contribution in [2.45, 2.75) is 109 Å². The highest BCUT2D eigenvalue weighted by Crippen LogP contribution is 2.22. The number of nitrogens with one attached hydrogen (secondary N) is 1. The minimum atomic E-state index is -4.32. The van der Waals surface area contributed by atoms with Crippen LogP contribution >= 0.6 is 0 Å². The van der Waals surface area contributed by atoms with E-state index < -0.39 is 16.3 Å². The minimum Gasteiger partial charge on any atom is -0.481 e. The van der Waals surface area contributed by atoms with Gasteiger partial charge in [0.05, 0.1) is 5.69 Å². The highest BCUT2D eigenvalue weighted by Gasteiger charge is 2.20. The molecular formula is C25H42N2O5S. The molecule has 0 unspecified atom stereocenters. The molecule has 2 aliphatic rings. The Morgan fingerprint density at radius 2 is 1.42 bits per heavy atom. The SMILES string of the molecule is C1CCC(NC2CCCCC2)CC1.Cc1ccc(N(CCCCCC(=O)O)S(=O)(=O)O)cc1. The molecule has 188 valence electrons. The molecule has 0 radical (unpaired) electrons. The van der Waals surface area contributed by atoms with Gasteiger partial charge >= 0.3 is 16.3 Å². The summed E-state index contributed by atoms with van der Waals surface area (Å²) in [5, 5.41) is 12.4. The van der Waals surface area contributed by atoms with Gasteiger partial charge in [-0.2, -0.15) is 8.42 Å². The quantitative estimate of drug-likeness (QED) is 0.301. The van der Waals surface area contributed by atoms with Crippen molar-refractivity contribution in [1.29, 1.82) is 0 Å². The number of hydrogen-bond donors (Lipinski definition) is 3. The van der Waals surface area contributed by atoms with Crippen LogP contribution in [-0.4, -0.2) is 42.7 Å². The van der Waals surface area contributed by atoms with E-state index in [0.29, 0.717) is 24.9 Å². The molecule has 3 N–H and O–H groups in total. The zero-order valence-electron chi connectivity index (χ0n) is 20.0. The summed E-state index contributed by atoms with van der Waals surface area (Å²) >= 11 is 0. The maximum absolute atomic E-state index is 11.4. The van der Waals surface area contributed by atoms with E-state index in [1.165, 1.54) is 64.2 Å². The van der Waals surface area contributed by atoms with Gasteiger partial charge in [0.15, 0.2) is 0 Å². The largest absolute Gasteiger partial charge is 0.481 e. The van der Waals surface area contributed by atoms with Crippen LogP contribution in [0.25, 0.3) is 0 Å². The number of hydrogen-bond acceptors (Lipinski definition) is 4. The van der Waals surface area contributed by atoms with Crippen molar-refractivity contribution < 1.29 is 22.9 Å². The van der Waals surface area contributed by atoms with Gasteiger partial charge in [0.1, 0.15) is 0 Å². The molecule has 2 aliphatic carbocycles. The topological polar surface area (TPSA) is 107 Å². The van der Waals surface area contributed by atoms with Gasteiger partial charge < -0.3 is 10.4 Å². The first kappa shape index (κ1) is 27.6. The molecule has 2 saturated carbocycles. The lowest BCUT2D eigenvalue weighted by Crippen LogP contribution is -2.40. The maximum Gasteiger partial charge on any atom is 0.359 e. The Morgan fingerprint density at radius 1 is 0.909 bits per heavy atom. The fourth-order valence-corrected chi connectivity index (χ4v) is 5.42. The van der Waals surface area contributed by atoms with Crippen LogP contribution in [0, 0.1) is 6.92 Å². The highest BCUT2D eigenvalue weighted by atomic mass is 32.2. The Morgan fingerprint density at radius 3 is 1.88 bits per heavy atom. The third-order valence-corrected chi connectivity index (χ3v) is 7.48. The van der Waals surface area contributed by atoms with E-state index >= 15 is 0 Å². The molecule has 0 aromatic heterocycles. The Labute approximate surface area is 199 Å². The van der Waals surface area contributed by atoms with Crippen LogP contribution in [0.5, 0.6) is 0 Å². The number of unbranched alkanes of at least 4 members (excludes halogenated alkanes) is 2. The number of aliphatic carboxylic acids is 1. The van der Waals surface area contributed by atoms with Crippen LogP contribution in [0.3, 0.4) is 0 Å². The minimum absolute atomic E-state index is 0.0659. The van der Waals surface area contributed by atoms with Crippen LogP contribution in [0.15, 0.2) is 24.3 Å². The molecule has 0 bridgehead atoms. The van der Waals surface area contributed by atoms with Crippen molar-refractivity contribution in [2.24, 2.45) is 0 Å². The lowest BCUT2D eigenvalue weighted by Gasteiger charge is -2.30. The second kappa shape index (κ2) is 14.6. The average molecular weight is 483 g/mol. The van der Waals surface area contributed by atoms with E-state index in [1.54, 1.807) is 24.3 Å². The van der Waals surface area contributed by atoms with Crippen molar-refractivity contribution in [3.8, 4) is 0 Å². The summed E-state index contributed by atoms with van der Waals surface area (Å²) in [5.41, 5.74) is 1.39. The molecule has 1 aromatic carbocycles. The lowest BCUT2D eigenvalue weighted by atomic mass is 9.91. The number of carboxylic acid groups (broad SMARTS) is 1. The standard InChI is InChI=1S/C13H19NO5S.C12H23N/c1-11-6-8-12(9-7-11)14(20(17,18)19)10-4-2-3-5-13(15)16;1-3-7-11(8-4-1)13-12-9-5-2-6-10-12/h6-9H,2-5,10H2,1H3,(H,15,16)(H,17,18,19);11-13H,1-10H2. The van der Waals surface area contributed by atoms with Gasteiger partial charge in [-0.3, -0.25) is 9.35 Å². The van der Waals surface area contributed by atoms with Crippen LogP contribution in [0.1, 0.15) is 95.5 Å². The van der Waals surface area contributed by atoms with E-state index in [2.05, 4.69) is 5.32 Å². The summed E-state index contributed by atoms with van der Waals surface area (Å²) in [7, 11) is -4.32. The van der Waals surface area contributed by atoms with Crippen molar-refractivity contribution in [3.05, 3.63) is 29.8 Å². The molecule has 3 rings (SSSR count). The zero-order valence-corrected chi connectivity index (χ0v) is 20.9. The third-order valence-electron chi connectivity index (χ3n) is 6.53. The van der Waals surface area contributed by atoms with Crippen LogP contribution in [0.2, 0.25) is 0 Å². The van der Waals surface area contributed by atoms with Crippen molar-refractivity contribution in [1.82, 2.24) is 5.32 Å². The fourth-order valence-electron chi connectivity index (χ4n) is 4.67. The number of benzene rings is 1. The van der Waals surface area contributed by atoms with Gasteiger partial charge in [-0.25, -0.2) is 4.31 Å². The smallest absolute Gasteiger partial charge is 0.359 e. The predicted molar refractivity (Wildman–Crippen MR) is 133 cm³/mol. The van der Waals surface area contributed by atoms with Crippen LogP contribution in [-0.2, 0) is 15.1 Å². The van der Waals surface area contributed by atoms with E-state index in [-0.39, 0.29) is 13.0 Å². The summed E-state index contributed by atoms with van der Waals surface area (Å²) < 4.78 is 32.9. The summed E-state index contributed by atoms with van der Waals surface area (Å²) in [5.74, 6) is -0.866. The second-order valence-electron chi connectivity index (χ2n) is 9.43. The van der Waals surface area contributed by atoms with E-state index in [1.807, 2.05) is 6.92 Å². The molecule has 8 heteroatoms. The molecule has 1 aromatic rings. The number of aryl methyl sites for hydroxylation is 1. The number of nitrogens with zero attached hydrogens (tertiary/aromatic N) is 1. The van der Waals surface area contributed by atoms with Crippen molar-refractivity contribution >= 4 is 22.0 Å². The molecule has 0 atom stereocenters. The third kappa shape index (κ3) is 11.4. The number of carbonyl (C=O) groups is 1. The molecule has 0 amide bonds. The zero-order chi connectivity index (χ0) is 24.1. The van der Waals surface area contributed by atoms with Crippen molar-refractivity contribution in [3.63, 3.8) is 0 Å². The maximum atomic E-state index is 11.4. The van der Waals surface area contributed by atoms with Crippen LogP contribution < -0.4 is 9.62 Å².